The third-order valence-electron chi connectivity index (χ3n) is 5.24. The first kappa shape index (κ1) is 19.2. The van der Waals surface area contributed by atoms with Crippen molar-refractivity contribution < 1.29 is 18.3 Å². The maximum Gasteiger partial charge on any atom is 0.197 e. The number of ether oxygens (including phenoxy) is 2. The third-order valence-corrected chi connectivity index (χ3v) is 5.24. The first-order chi connectivity index (χ1) is 14.0. The van der Waals surface area contributed by atoms with Crippen molar-refractivity contribution in [3.63, 3.8) is 0 Å². The van der Waals surface area contributed by atoms with Crippen LogP contribution < -0.4 is 14.9 Å². The van der Waals surface area contributed by atoms with Crippen molar-refractivity contribution in [2.45, 2.75) is 6.42 Å². The van der Waals surface area contributed by atoms with Crippen LogP contribution in [0.5, 0.6) is 11.5 Å². The second-order valence-corrected chi connectivity index (χ2v) is 7.06. The van der Waals surface area contributed by atoms with Gasteiger partial charge >= 0.3 is 0 Å². The van der Waals surface area contributed by atoms with Crippen molar-refractivity contribution >= 4 is 16.5 Å². The fraction of sp³-hybridized carbons (Fsp3) is 0.261. The Balaban J connectivity index is 2.07. The zero-order valence-corrected chi connectivity index (χ0v) is 16.6. The molecule has 0 fully saturated rings. The first-order valence-electron chi connectivity index (χ1n) is 9.39. The van der Waals surface area contributed by atoms with Crippen LogP contribution in [0.1, 0.15) is 12.0 Å². The Morgan fingerprint density at radius 2 is 1.86 bits per heavy atom. The molecule has 2 heterocycles. The highest BCUT2D eigenvalue weighted by atomic mass is 19.1. The highest BCUT2D eigenvalue weighted by molar-refractivity contribution is 5.97. The summed E-state index contributed by atoms with van der Waals surface area (Å²) in [6, 6.07) is 9.24. The maximum absolute atomic E-state index is 14.4. The molecule has 4 rings (SSSR count). The highest BCUT2D eigenvalue weighted by Gasteiger charge is 2.24. The van der Waals surface area contributed by atoms with Gasteiger partial charge in [-0.3, -0.25) is 4.79 Å². The van der Waals surface area contributed by atoms with Crippen molar-refractivity contribution in [1.82, 2.24) is 4.90 Å². The molecular formula is C23H22FNO4. The lowest BCUT2D eigenvalue weighted by Gasteiger charge is -2.24. The molecule has 0 atom stereocenters. The minimum absolute atomic E-state index is 0.172. The van der Waals surface area contributed by atoms with Gasteiger partial charge in [0.05, 0.1) is 25.3 Å². The van der Waals surface area contributed by atoms with Gasteiger partial charge < -0.3 is 18.8 Å². The molecule has 0 saturated heterocycles. The summed E-state index contributed by atoms with van der Waals surface area (Å²) >= 11 is 0. The fourth-order valence-corrected chi connectivity index (χ4v) is 3.70. The van der Waals surface area contributed by atoms with Gasteiger partial charge in [-0.1, -0.05) is 18.2 Å². The lowest BCUT2D eigenvalue weighted by molar-refractivity contribution is 0.368. The van der Waals surface area contributed by atoms with E-state index in [2.05, 4.69) is 11.0 Å². The number of rotatable bonds is 4. The Hall–Kier alpha value is -3.12. The fourth-order valence-electron chi connectivity index (χ4n) is 3.70. The summed E-state index contributed by atoms with van der Waals surface area (Å²) in [4.78, 5) is 15.2. The van der Waals surface area contributed by atoms with Crippen LogP contribution in [-0.4, -0.2) is 39.3 Å². The smallest absolute Gasteiger partial charge is 0.197 e. The first-order valence-corrected chi connectivity index (χ1v) is 9.39. The molecule has 0 aliphatic carbocycles. The summed E-state index contributed by atoms with van der Waals surface area (Å²) in [5.41, 5.74) is 2.03. The van der Waals surface area contributed by atoms with E-state index in [1.165, 1.54) is 19.2 Å². The summed E-state index contributed by atoms with van der Waals surface area (Å²) in [6.07, 6.45) is 2.88. The van der Waals surface area contributed by atoms with Crippen LogP contribution in [0.4, 0.5) is 4.39 Å². The number of methoxy groups -OCH3 is 2. The molecule has 0 N–H and O–H groups in total. The van der Waals surface area contributed by atoms with Crippen LogP contribution in [0.15, 0.2) is 51.7 Å². The van der Waals surface area contributed by atoms with Gasteiger partial charge in [-0.2, -0.15) is 0 Å². The Morgan fingerprint density at radius 3 is 2.52 bits per heavy atom. The van der Waals surface area contributed by atoms with Gasteiger partial charge in [-0.05, 0) is 31.2 Å². The van der Waals surface area contributed by atoms with E-state index in [1.807, 2.05) is 7.05 Å². The van der Waals surface area contributed by atoms with E-state index < -0.39 is 5.82 Å². The summed E-state index contributed by atoms with van der Waals surface area (Å²) in [7, 11) is 5.11. The van der Waals surface area contributed by atoms with Crippen molar-refractivity contribution in [2.75, 3.05) is 34.4 Å². The lowest BCUT2D eigenvalue weighted by Crippen LogP contribution is -2.24. The molecule has 0 spiro atoms. The normalized spacial score (nSPS) is 14.7. The quantitative estimate of drug-likeness (QED) is 0.658. The van der Waals surface area contributed by atoms with Crippen LogP contribution in [0.3, 0.4) is 0 Å². The zero-order chi connectivity index (χ0) is 20.5. The standard InChI is InChI=1S/C23H22FNO4/c1-25-10-8-14(9-11-25)21-19(27-2)13-20(28-3)22-17(26)12-18(29-23(21)22)15-6-4-5-7-16(15)24/h4-8,12-13H,9-11H2,1-3H3. The van der Waals surface area contributed by atoms with Gasteiger partial charge in [0.25, 0.3) is 0 Å². The molecule has 150 valence electrons. The molecule has 2 aromatic carbocycles. The second-order valence-electron chi connectivity index (χ2n) is 7.06. The molecule has 5 nitrogen and oxygen atoms in total. The van der Waals surface area contributed by atoms with E-state index in [4.69, 9.17) is 13.9 Å². The van der Waals surface area contributed by atoms with Crippen LogP contribution in [0.2, 0.25) is 0 Å². The largest absolute Gasteiger partial charge is 0.496 e. The van der Waals surface area contributed by atoms with Crippen molar-refractivity contribution in [2.24, 2.45) is 0 Å². The summed E-state index contributed by atoms with van der Waals surface area (Å²) in [5, 5.41) is 0.322. The predicted octanol–water partition coefficient (Wildman–Crippen LogP) is 4.34. The molecule has 1 aliphatic heterocycles. The summed E-state index contributed by atoms with van der Waals surface area (Å²) in [5.74, 6) is 0.637. The topological polar surface area (TPSA) is 51.9 Å². The van der Waals surface area contributed by atoms with E-state index in [9.17, 15) is 9.18 Å². The molecule has 3 aromatic rings. The molecule has 0 unspecified atom stereocenters. The molecule has 6 heteroatoms. The zero-order valence-electron chi connectivity index (χ0n) is 16.6. The Labute approximate surface area is 168 Å². The SMILES string of the molecule is COc1cc(OC)c2c(=O)cc(-c3ccccc3F)oc2c1C1=CCN(C)CC1. The monoisotopic (exact) mass is 395 g/mol. The number of fused-ring (bicyclic) bond motifs is 1. The number of likely N-dealkylation sites (N-methyl/N-ethyl adjacent to an activating group) is 1. The average molecular weight is 395 g/mol. The number of hydrogen-bond donors (Lipinski definition) is 0. The minimum Gasteiger partial charge on any atom is -0.496 e. The van der Waals surface area contributed by atoms with Gasteiger partial charge in [0, 0.05) is 25.2 Å². The Bertz CT molecular complexity index is 1170. The highest BCUT2D eigenvalue weighted by Crippen LogP contribution is 2.41. The number of hydrogen-bond acceptors (Lipinski definition) is 5. The van der Waals surface area contributed by atoms with Crippen LogP contribution >= 0.6 is 0 Å². The third kappa shape index (κ3) is 3.40. The summed E-state index contributed by atoms with van der Waals surface area (Å²) < 4.78 is 31.6. The van der Waals surface area contributed by atoms with Gasteiger partial charge in [-0.25, -0.2) is 4.39 Å². The molecular weight excluding hydrogens is 373 g/mol. The molecule has 1 aliphatic rings. The lowest BCUT2D eigenvalue weighted by atomic mass is 9.95. The number of halogens is 1. The Morgan fingerprint density at radius 1 is 1.10 bits per heavy atom. The molecule has 0 amide bonds. The molecule has 0 saturated carbocycles. The number of benzene rings is 2. The van der Waals surface area contributed by atoms with Crippen molar-refractivity contribution in [3.05, 3.63) is 64.1 Å². The minimum atomic E-state index is -0.454. The van der Waals surface area contributed by atoms with Gasteiger partial charge in [0.15, 0.2) is 11.0 Å². The van der Waals surface area contributed by atoms with Gasteiger partial charge in [0.2, 0.25) is 0 Å². The van der Waals surface area contributed by atoms with Crippen molar-refractivity contribution in [3.8, 4) is 22.8 Å². The second kappa shape index (κ2) is 7.72. The molecule has 1 aromatic heterocycles. The van der Waals surface area contributed by atoms with E-state index in [1.54, 1.807) is 31.4 Å². The molecule has 0 bridgehead atoms. The molecule has 0 radical (unpaired) electrons. The van der Waals surface area contributed by atoms with Crippen LogP contribution in [-0.2, 0) is 0 Å². The van der Waals surface area contributed by atoms with Gasteiger partial charge in [-0.15, -0.1) is 0 Å². The maximum atomic E-state index is 14.4. The number of nitrogens with zero attached hydrogens (tertiary/aromatic N) is 1. The van der Waals surface area contributed by atoms with Gasteiger partial charge in [0.1, 0.15) is 28.5 Å². The summed E-state index contributed by atoms with van der Waals surface area (Å²) in [6.45, 7) is 1.66. The van der Waals surface area contributed by atoms with Crippen LogP contribution in [0, 0.1) is 5.82 Å². The van der Waals surface area contributed by atoms with E-state index >= 15 is 0 Å². The van der Waals surface area contributed by atoms with Crippen LogP contribution in [0.25, 0.3) is 27.9 Å². The van der Waals surface area contributed by atoms with Crippen molar-refractivity contribution in [1.29, 1.82) is 0 Å². The predicted molar refractivity (Wildman–Crippen MR) is 111 cm³/mol. The van der Waals surface area contributed by atoms with E-state index in [-0.39, 0.29) is 16.8 Å². The van der Waals surface area contributed by atoms with E-state index in [0.29, 0.717) is 28.0 Å². The molecule has 29 heavy (non-hydrogen) atoms. The average Bonchev–Trinajstić information content (AvgIpc) is 2.73. The Kier molecular flexibility index (Phi) is 5.11. The van der Waals surface area contributed by atoms with E-state index in [0.717, 1.165) is 25.1 Å².